The van der Waals surface area contributed by atoms with Crippen LogP contribution in [0.2, 0.25) is 0 Å². The van der Waals surface area contributed by atoms with E-state index in [1.54, 1.807) is 0 Å². The number of ether oxygens (including phenoxy) is 1. The number of hydrazine groups is 1. The van der Waals surface area contributed by atoms with Gasteiger partial charge in [0.1, 0.15) is 5.56 Å². The van der Waals surface area contributed by atoms with Crippen LogP contribution in [-0.2, 0) is 10.9 Å². The van der Waals surface area contributed by atoms with Crippen molar-refractivity contribution in [1.29, 1.82) is 0 Å². The van der Waals surface area contributed by atoms with Crippen LogP contribution in [0.4, 0.5) is 19.1 Å². The molecule has 1 rings (SSSR count). The third kappa shape index (κ3) is 3.29. The first-order chi connectivity index (χ1) is 8.40. The van der Waals surface area contributed by atoms with Crippen LogP contribution in [0.25, 0.3) is 0 Å². The minimum atomic E-state index is -4.77. The van der Waals surface area contributed by atoms with Gasteiger partial charge in [-0.25, -0.2) is 20.2 Å². The van der Waals surface area contributed by atoms with E-state index in [2.05, 4.69) is 25.6 Å². The molecule has 0 aromatic carbocycles. The molecule has 0 amide bonds. The number of aromatic nitrogens is 2. The van der Waals surface area contributed by atoms with Crippen molar-refractivity contribution >= 4 is 11.9 Å². The molecule has 0 aliphatic carbocycles. The summed E-state index contributed by atoms with van der Waals surface area (Å²) in [6.07, 6.45) is -4.00. The highest BCUT2D eigenvalue weighted by Crippen LogP contribution is 2.31. The van der Waals surface area contributed by atoms with Gasteiger partial charge in [0.25, 0.3) is 0 Å². The normalized spacial score (nSPS) is 11.2. The lowest BCUT2D eigenvalue weighted by atomic mass is 10.2. The summed E-state index contributed by atoms with van der Waals surface area (Å²) in [4.78, 5) is 18.1. The summed E-state index contributed by atoms with van der Waals surface area (Å²) in [5.41, 5.74) is 2.62. The second kappa shape index (κ2) is 5.63. The van der Waals surface area contributed by atoms with Crippen LogP contribution in [0, 0.1) is 0 Å². The number of alkyl halides is 3. The van der Waals surface area contributed by atoms with Gasteiger partial charge in [-0.3, -0.25) is 5.43 Å². The van der Waals surface area contributed by atoms with Crippen LogP contribution in [0.5, 0.6) is 0 Å². The average molecular weight is 264 g/mol. The third-order valence-corrected chi connectivity index (χ3v) is 1.79. The maximum Gasteiger partial charge on any atom is 0.434 e. The van der Waals surface area contributed by atoms with Crippen LogP contribution in [0.15, 0.2) is 6.20 Å². The highest BCUT2D eigenvalue weighted by Gasteiger charge is 2.38. The van der Waals surface area contributed by atoms with E-state index in [1.165, 1.54) is 14.0 Å². The maximum absolute atomic E-state index is 12.7. The van der Waals surface area contributed by atoms with E-state index in [1.807, 2.05) is 0 Å². The predicted octanol–water partition coefficient (Wildman–Crippen LogP) is 1.22. The number of halogens is 3. The quantitative estimate of drug-likeness (QED) is 0.629. The molecule has 1 aromatic heterocycles. The first-order valence-electron chi connectivity index (χ1n) is 4.94. The largest absolute Gasteiger partial charge is 0.462 e. The lowest BCUT2D eigenvalue weighted by Crippen LogP contribution is -2.22. The molecule has 0 bridgehead atoms. The zero-order valence-electron chi connectivity index (χ0n) is 9.63. The van der Waals surface area contributed by atoms with E-state index in [0.29, 0.717) is 0 Å². The number of nitrogens with one attached hydrogen (secondary N) is 2. The summed E-state index contributed by atoms with van der Waals surface area (Å²) < 4.78 is 42.7. The molecule has 0 fully saturated rings. The Hall–Kier alpha value is -1.90. The molecule has 0 saturated carbocycles. The zero-order chi connectivity index (χ0) is 13.8. The highest BCUT2D eigenvalue weighted by molar-refractivity contribution is 5.90. The van der Waals surface area contributed by atoms with E-state index in [9.17, 15) is 18.0 Å². The summed E-state index contributed by atoms with van der Waals surface area (Å²) in [6, 6.07) is 0. The highest BCUT2D eigenvalue weighted by atomic mass is 19.4. The molecule has 0 atom stereocenters. The van der Waals surface area contributed by atoms with Gasteiger partial charge < -0.3 is 4.74 Å². The topological polar surface area (TPSA) is 76.1 Å². The number of hydrogen-bond acceptors (Lipinski definition) is 6. The lowest BCUT2D eigenvalue weighted by Gasteiger charge is -2.12. The number of carbonyl (C=O) groups is 1. The molecule has 0 radical (unpaired) electrons. The Labute approximate surface area is 101 Å². The van der Waals surface area contributed by atoms with Crippen LogP contribution in [0.3, 0.4) is 0 Å². The smallest absolute Gasteiger partial charge is 0.434 e. The van der Waals surface area contributed by atoms with Crippen molar-refractivity contribution in [2.75, 3.05) is 19.1 Å². The number of rotatable bonds is 4. The van der Waals surface area contributed by atoms with E-state index in [4.69, 9.17) is 0 Å². The van der Waals surface area contributed by atoms with Crippen molar-refractivity contribution in [3.05, 3.63) is 17.5 Å². The van der Waals surface area contributed by atoms with Gasteiger partial charge in [0.15, 0.2) is 5.69 Å². The molecule has 0 unspecified atom stereocenters. The fourth-order valence-electron chi connectivity index (χ4n) is 1.13. The van der Waals surface area contributed by atoms with E-state index >= 15 is 0 Å². The van der Waals surface area contributed by atoms with Gasteiger partial charge in [-0.15, -0.1) is 0 Å². The maximum atomic E-state index is 12.7. The molecule has 18 heavy (non-hydrogen) atoms. The second-order valence-corrected chi connectivity index (χ2v) is 3.05. The van der Waals surface area contributed by atoms with Gasteiger partial charge in [0.05, 0.1) is 6.61 Å². The number of anilines is 1. The summed E-state index contributed by atoms with van der Waals surface area (Å²) in [7, 11) is 1.44. The Morgan fingerprint density at radius 3 is 2.67 bits per heavy atom. The molecular weight excluding hydrogens is 253 g/mol. The summed E-state index contributed by atoms with van der Waals surface area (Å²) in [5.74, 6) is -1.40. The van der Waals surface area contributed by atoms with Crippen molar-refractivity contribution in [1.82, 2.24) is 15.4 Å². The molecule has 1 aromatic rings. The van der Waals surface area contributed by atoms with Crippen molar-refractivity contribution in [2.45, 2.75) is 13.1 Å². The first kappa shape index (κ1) is 14.2. The summed E-state index contributed by atoms with van der Waals surface area (Å²) in [5, 5.41) is 0. The molecule has 0 aliphatic rings. The minimum Gasteiger partial charge on any atom is -0.462 e. The second-order valence-electron chi connectivity index (χ2n) is 3.05. The van der Waals surface area contributed by atoms with E-state index < -0.39 is 23.4 Å². The monoisotopic (exact) mass is 264 g/mol. The molecule has 100 valence electrons. The predicted molar refractivity (Wildman–Crippen MR) is 55.7 cm³/mol. The van der Waals surface area contributed by atoms with Gasteiger partial charge in [-0.1, -0.05) is 0 Å². The molecule has 0 aliphatic heterocycles. The standard InChI is InChI=1S/C9H11F3N4O2/c1-3-18-7(17)5-4-14-8(16-13-2)15-6(5)9(10,11)12/h4,13H,3H2,1-2H3,(H,14,15,16). The first-order valence-corrected chi connectivity index (χ1v) is 4.94. The van der Waals surface area contributed by atoms with Crippen LogP contribution < -0.4 is 10.9 Å². The minimum absolute atomic E-state index is 0.0351. The number of hydrogen-bond donors (Lipinski definition) is 2. The lowest BCUT2D eigenvalue weighted by molar-refractivity contribution is -0.141. The van der Waals surface area contributed by atoms with Crippen LogP contribution in [-0.4, -0.2) is 29.6 Å². The molecule has 9 heteroatoms. The number of nitrogens with zero attached hydrogens (tertiary/aromatic N) is 2. The molecule has 0 spiro atoms. The Kier molecular flexibility index (Phi) is 4.43. The van der Waals surface area contributed by atoms with Gasteiger partial charge in [0, 0.05) is 13.2 Å². The molecular formula is C9H11F3N4O2. The number of esters is 1. The molecule has 6 nitrogen and oxygen atoms in total. The average Bonchev–Trinajstić information content (AvgIpc) is 2.28. The van der Waals surface area contributed by atoms with Gasteiger partial charge in [-0.2, -0.15) is 13.2 Å². The third-order valence-electron chi connectivity index (χ3n) is 1.79. The Bertz CT molecular complexity index is 436. The fraction of sp³-hybridized carbons (Fsp3) is 0.444. The fourth-order valence-corrected chi connectivity index (χ4v) is 1.13. The zero-order valence-corrected chi connectivity index (χ0v) is 9.63. The van der Waals surface area contributed by atoms with Gasteiger partial charge in [-0.05, 0) is 6.92 Å². The van der Waals surface area contributed by atoms with Crippen molar-refractivity contribution in [3.8, 4) is 0 Å². The number of carbonyl (C=O) groups excluding carboxylic acids is 1. The Morgan fingerprint density at radius 2 is 2.17 bits per heavy atom. The SMILES string of the molecule is CCOC(=O)c1cnc(NNC)nc1C(F)(F)F. The van der Waals surface area contributed by atoms with E-state index in [-0.39, 0.29) is 12.6 Å². The van der Waals surface area contributed by atoms with Crippen molar-refractivity contribution in [2.24, 2.45) is 0 Å². The summed E-state index contributed by atoms with van der Waals surface area (Å²) in [6.45, 7) is 1.45. The van der Waals surface area contributed by atoms with Crippen LogP contribution in [0.1, 0.15) is 23.0 Å². The molecule has 1 heterocycles. The van der Waals surface area contributed by atoms with Crippen LogP contribution >= 0.6 is 0 Å². The molecule has 0 saturated heterocycles. The van der Waals surface area contributed by atoms with Gasteiger partial charge in [0.2, 0.25) is 5.95 Å². The summed E-state index contributed by atoms with van der Waals surface area (Å²) >= 11 is 0. The molecule has 2 N–H and O–H groups in total. The Balaban J connectivity index is 3.21. The van der Waals surface area contributed by atoms with Crippen molar-refractivity contribution in [3.63, 3.8) is 0 Å². The van der Waals surface area contributed by atoms with E-state index in [0.717, 1.165) is 6.20 Å². The Morgan fingerprint density at radius 1 is 1.50 bits per heavy atom. The van der Waals surface area contributed by atoms with Crippen molar-refractivity contribution < 1.29 is 22.7 Å². The van der Waals surface area contributed by atoms with Gasteiger partial charge >= 0.3 is 12.1 Å².